The van der Waals surface area contributed by atoms with Crippen LogP contribution in [0.4, 0.5) is 5.69 Å². The third-order valence-electron chi connectivity index (χ3n) is 2.77. The van der Waals surface area contributed by atoms with E-state index in [0.29, 0.717) is 13.0 Å². The molecule has 0 aliphatic heterocycles. The van der Waals surface area contributed by atoms with Crippen LogP contribution in [0.2, 0.25) is 0 Å². The van der Waals surface area contributed by atoms with Gasteiger partial charge in [0.1, 0.15) is 9.84 Å². The summed E-state index contributed by atoms with van der Waals surface area (Å²) >= 11 is 0. The first-order valence-electron chi connectivity index (χ1n) is 6.21. The van der Waals surface area contributed by atoms with E-state index in [1.165, 1.54) is 11.8 Å². The zero-order valence-electron chi connectivity index (χ0n) is 11.7. The van der Waals surface area contributed by atoms with Crippen molar-refractivity contribution < 1.29 is 8.42 Å². The van der Waals surface area contributed by atoms with E-state index in [-0.39, 0.29) is 11.2 Å². The summed E-state index contributed by atoms with van der Waals surface area (Å²) in [6.07, 6.45) is 1.91. The zero-order chi connectivity index (χ0) is 13.8. The molecule has 0 atom stereocenters. The second kappa shape index (κ2) is 5.74. The van der Waals surface area contributed by atoms with Gasteiger partial charge in [-0.2, -0.15) is 0 Å². The summed E-state index contributed by atoms with van der Waals surface area (Å²) in [5.41, 5.74) is 2.50. The van der Waals surface area contributed by atoms with Crippen LogP contribution in [0.1, 0.15) is 32.8 Å². The summed E-state index contributed by atoms with van der Waals surface area (Å²) in [6.45, 7) is 7.23. The summed E-state index contributed by atoms with van der Waals surface area (Å²) in [7, 11) is -2.84. The van der Waals surface area contributed by atoms with E-state index in [9.17, 15) is 8.42 Å². The summed E-state index contributed by atoms with van der Waals surface area (Å²) < 4.78 is 21.9. The molecule has 0 unspecified atom stereocenters. The maximum Gasteiger partial charge on any atom is 0.147 e. The van der Waals surface area contributed by atoms with E-state index in [0.717, 1.165) is 5.69 Å². The van der Waals surface area contributed by atoms with Gasteiger partial charge in [0.05, 0.1) is 5.75 Å². The largest absolute Gasteiger partial charge is 0.385 e. The van der Waals surface area contributed by atoms with Crippen molar-refractivity contribution in [2.75, 3.05) is 23.9 Å². The quantitative estimate of drug-likeness (QED) is 0.836. The highest BCUT2D eigenvalue weighted by Crippen LogP contribution is 2.23. The maximum absolute atomic E-state index is 11.0. The van der Waals surface area contributed by atoms with Crippen molar-refractivity contribution in [3.8, 4) is 0 Å². The first kappa shape index (κ1) is 15.0. The molecule has 0 aromatic heterocycles. The van der Waals surface area contributed by atoms with Gasteiger partial charge in [0, 0.05) is 18.5 Å². The molecule has 0 amide bonds. The molecule has 1 N–H and O–H groups in total. The van der Waals surface area contributed by atoms with Crippen molar-refractivity contribution in [1.29, 1.82) is 0 Å². The number of benzene rings is 1. The molecule has 0 aliphatic rings. The fraction of sp³-hybridized carbons (Fsp3) is 0.571. The van der Waals surface area contributed by atoms with Crippen LogP contribution < -0.4 is 5.32 Å². The average Bonchev–Trinajstić information content (AvgIpc) is 2.22. The normalized spacial score (nSPS) is 12.4. The molecule has 4 heteroatoms. The minimum Gasteiger partial charge on any atom is -0.385 e. The fourth-order valence-electron chi connectivity index (χ4n) is 1.66. The number of anilines is 1. The van der Waals surface area contributed by atoms with Gasteiger partial charge >= 0.3 is 0 Å². The lowest BCUT2D eigenvalue weighted by Gasteiger charge is -2.19. The van der Waals surface area contributed by atoms with Crippen LogP contribution in [0.15, 0.2) is 24.3 Å². The lowest BCUT2D eigenvalue weighted by Crippen LogP contribution is -2.12. The molecule has 0 bridgehead atoms. The van der Waals surface area contributed by atoms with E-state index in [4.69, 9.17) is 0 Å². The Balaban J connectivity index is 2.45. The Morgan fingerprint density at radius 2 is 1.67 bits per heavy atom. The van der Waals surface area contributed by atoms with Gasteiger partial charge in [-0.15, -0.1) is 0 Å². The van der Waals surface area contributed by atoms with Crippen LogP contribution in [-0.2, 0) is 15.3 Å². The number of nitrogens with one attached hydrogen (secondary N) is 1. The number of hydrogen-bond acceptors (Lipinski definition) is 3. The van der Waals surface area contributed by atoms with Crippen LogP contribution in [0.5, 0.6) is 0 Å². The molecule has 18 heavy (non-hydrogen) atoms. The molecule has 0 radical (unpaired) electrons. The van der Waals surface area contributed by atoms with Crippen LogP contribution in [0.3, 0.4) is 0 Å². The number of sulfone groups is 1. The van der Waals surface area contributed by atoms with Crippen molar-refractivity contribution in [2.45, 2.75) is 32.6 Å². The highest BCUT2D eigenvalue weighted by Gasteiger charge is 2.12. The Morgan fingerprint density at radius 3 is 2.11 bits per heavy atom. The Bertz CT molecular complexity index is 470. The molecule has 1 rings (SSSR count). The monoisotopic (exact) mass is 269 g/mol. The molecule has 0 saturated heterocycles. The van der Waals surface area contributed by atoms with Crippen molar-refractivity contribution in [2.24, 2.45) is 0 Å². The molecule has 0 fully saturated rings. The highest BCUT2D eigenvalue weighted by molar-refractivity contribution is 7.90. The molecular weight excluding hydrogens is 246 g/mol. The highest BCUT2D eigenvalue weighted by atomic mass is 32.2. The standard InChI is InChI=1S/C14H23NO2S/c1-14(2,3)12-6-8-13(9-7-12)15-10-5-11-18(4,16)17/h6-9,15H,5,10-11H2,1-4H3. The first-order chi connectivity index (χ1) is 8.18. The van der Waals surface area contributed by atoms with Gasteiger partial charge in [-0.05, 0) is 29.5 Å². The topological polar surface area (TPSA) is 46.2 Å². The molecular formula is C14H23NO2S. The maximum atomic E-state index is 11.0. The summed E-state index contributed by atoms with van der Waals surface area (Å²) in [4.78, 5) is 0. The summed E-state index contributed by atoms with van der Waals surface area (Å²) in [6, 6.07) is 8.31. The van der Waals surface area contributed by atoms with Crippen molar-refractivity contribution >= 4 is 15.5 Å². The fourth-order valence-corrected chi connectivity index (χ4v) is 2.32. The van der Waals surface area contributed by atoms with E-state index < -0.39 is 9.84 Å². The van der Waals surface area contributed by atoms with Crippen molar-refractivity contribution in [3.63, 3.8) is 0 Å². The van der Waals surface area contributed by atoms with E-state index >= 15 is 0 Å². The second-order valence-electron chi connectivity index (χ2n) is 5.74. The molecule has 1 aromatic rings. The molecule has 0 saturated carbocycles. The number of rotatable bonds is 5. The van der Waals surface area contributed by atoms with Crippen LogP contribution in [0, 0.1) is 0 Å². The molecule has 3 nitrogen and oxygen atoms in total. The van der Waals surface area contributed by atoms with E-state index in [1.54, 1.807) is 0 Å². The lowest BCUT2D eigenvalue weighted by molar-refractivity contribution is 0.590. The third-order valence-corrected chi connectivity index (χ3v) is 3.80. The lowest BCUT2D eigenvalue weighted by atomic mass is 9.87. The molecule has 102 valence electrons. The van der Waals surface area contributed by atoms with Gasteiger partial charge in [-0.1, -0.05) is 32.9 Å². The SMILES string of the molecule is CC(C)(C)c1ccc(NCCCS(C)(=O)=O)cc1. The summed E-state index contributed by atoms with van der Waals surface area (Å²) in [5, 5.41) is 3.23. The van der Waals surface area contributed by atoms with Crippen LogP contribution >= 0.6 is 0 Å². The van der Waals surface area contributed by atoms with E-state index in [1.807, 2.05) is 12.1 Å². The predicted octanol–water partition coefficient (Wildman–Crippen LogP) is 2.83. The first-order valence-corrected chi connectivity index (χ1v) is 8.27. The van der Waals surface area contributed by atoms with Crippen molar-refractivity contribution in [3.05, 3.63) is 29.8 Å². The van der Waals surface area contributed by atoms with Crippen molar-refractivity contribution in [1.82, 2.24) is 0 Å². The van der Waals surface area contributed by atoms with Crippen LogP contribution in [0.25, 0.3) is 0 Å². The minimum absolute atomic E-state index is 0.162. The average molecular weight is 269 g/mol. The summed E-state index contributed by atoms with van der Waals surface area (Å²) in [5.74, 6) is 0.236. The van der Waals surface area contributed by atoms with Gasteiger partial charge in [0.15, 0.2) is 0 Å². The molecule has 0 spiro atoms. The Kier molecular flexibility index (Phi) is 4.79. The van der Waals surface area contributed by atoms with Gasteiger partial charge in [-0.25, -0.2) is 8.42 Å². The molecule has 0 heterocycles. The smallest absolute Gasteiger partial charge is 0.147 e. The molecule has 0 aliphatic carbocycles. The van der Waals surface area contributed by atoms with Gasteiger partial charge in [0.2, 0.25) is 0 Å². The predicted molar refractivity (Wildman–Crippen MR) is 78.0 cm³/mol. The Morgan fingerprint density at radius 1 is 1.11 bits per heavy atom. The molecule has 1 aromatic carbocycles. The minimum atomic E-state index is -2.84. The van der Waals surface area contributed by atoms with Gasteiger partial charge in [0.25, 0.3) is 0 Å². The zero-order valence-corrected chi connectivity index (χ0v) is 12.5. The van der Waals surface area contributed by atoms with Gasteiger partial charge < -0.3 is 5.32 Å². The van der Waals surface area contributed by atoms with Crippen LogP contribution in [-0.4, -0.2) is 27.0 Å². The van der Waals surface area contributed by atoms with Gasteiger partial charge in [-0.3, -0.25) is 0 Å². The Labute approximate surface area is 111 Å². The second-order valence-corrected chi connectivity index (χ2v) is 8.00. The Hall–Kier alpha value is -1.03. The van der Waals surface area contributed by atoms with E-state index in [2.05, 4.69) is 38.2 Å². The number of hydrogen-bond donors (Lipinski definition) is 1. The third kappa shape index (κ3) is 5.54.